The third kappa shape index (κ3) is 3.61. The minimum absolute atomic E-state index is 0.0157. The minimum atomic E-state index is -0.833. The van der Waals surface area contributed by atoms with E-state index in [1.165, 1.54) is 0 Å². The van der Waals surface area contributed by atoms with Crippen LogP contribution in [0.25, 0.3) is 0 Å². The molecule has 2 amide bonds. The van der Waals surface area contributed by atoms with Crippen LogP contribution < -0.4 is 0 Å². The van der Waals surface area contributed by atoms with Crippen molar-refractivity contribution in [2.24, 2.45) is 0 Å². The Morgan fingerprint density at radius 3 is 2.71 bits per heavy atom. The largest absolute Gasteiger partial charge is 0.510 e. The van der Waals surface area contributed by atoms with Crippen LogP contribution in [0.1, 0.15) is 12.5 Å². The van der Waals surface area contributed by atoms with Crippen LogP contribution in [-0.2, 0) is 20.9 Å². The monoisotopic (exact) mass is 291 g/mol. The summed E-state index contributed by atoms with van der Waals surface area (Å²) in [4.78, 5) is 24.3. The average Bonchev–Trinajstić information content (AvgIpc) is 2.75. The van der Waals surface area contributed by atoms with Crippen molar-refractivity contribution in [3.05, 3.63) is 47.7 Å². The summed E-state index contributed by atoms with van der Waals surface area (Å²) in [5.74, 6) is -0.791. The van der Waals surface area contributed by atoms with Crippen molar-refractivity contribution in [3.8, 4) is 0 Å². The van der Waals surface area contributed by atoms with Gasteiger partial charge in [0.25, 0.3) is 5.91 Å². The lowest BCUT2D eigenvalue weighted by atomic mass is 10.2. The van der Waals surface area contributed by atoms with Crippen molar-refractivity contribution in [1.29, 1.82) is 0 Å². The van der Waals surface area contributed by atoms with E-state index in [0.717, 1.165) is 16.5 Å². The summed E-state index contributed by atoms with van der Waals surface area (Å²) in [6, 6.07) is 8.65. The zero-order valence-corrected chi connectivity index (χ0v) is 11.7. The highest BCUT2D eigenvalue weighted by atomic mass is 16.6. The summed E-state index contributed by atoms with van der Waals surface area (Å²) in [5, 5.41) is 9.75. The predicted octanol–water partition coefficient (Wildman–Crippen LogP) is 2.01. The summed E-state index contributed by atoms with van der Waals surface area (Å²) in [6.07, 6.45) is 0.226. The summed E-state index contributed by atoms with van der Waals surface area (Å²) >= 11 is 0. The normalized spacial score (nSPS) is 17.8. The molecular formula is C15H17NO5. The molecule has 2 rings (SSSR count). The van der Waals surface area contributed by atoms with E-state index in [2.05, 4.69) is 0 Å². The van der Waals surface area contributed by atoms with Crippen molar-refractivity contribution in [2.45, 2.75) is 19.6 Å². The summed E-state index contributed by atoms with van der Waals surface area (Å²) < 4.78 is 10.3. The molecule has 0 spiro atoms. The molecule has 0 aromatic heterocycles. The molecule has 0 saturated heterocycles. The molecule has 6 heteroatoms. The van der Waals surface area contributed by atoms with Crippen LogP contribution in [0.15, 0.2) is 42.2 Å². The number of benzene rings is 1. The number of hydrogen-bond acceptors (Lipinski definition) is 5. The molecule has 0 fully saturated rings. The van der Waals surface area contributed by atoms with Gasteiger partial charge in [-0.2, -0.15) is 0 Å². The zero-order chi connectivity index (χ0) is 15.2. The van der Waals surface area contributed by atoms with Crippen LogP contribution >= 0.6 is 0 Å². The highest BCUT2D eigenvalue weighted by Gasteiger charge is 2.38. The Bertz CT molecular complexity index is 540. The van der Waals surface area contributed by atoms with Crippen molar-refractivity contribution >= 4 is 12.0 Å². The maximum Gasteiger partial charge on any atom is 0.417 e. The SMILES string of the molecule is CCOC(=O)N1C(=O)C=C(O)[C@@H]1COCc1ccccc1. The van der Waals surface area contributed by atoms with Crippen molar-refractivity contribution in [1.82, 2.24) is 4.90 Å². The number of amides is 2. The van der Waals surface area contributed by atoms with Crippen molar-refractivity contribution in [2.75, 3.05) is 13.2 Å². The predicted molar refractivity (Wildman–Crippen MR) is 74.5 cm³/mol. The lowest BCUT2D eigenvalue weighted by molar-refractivity contribution is -0.125. The molecular weight excluding hydrogens is 274 g/mol. The number of aliphatic hydroxyl groups is 1. The maximum absolute atomic E-state index is 11.7. The number of nitrogens with zero attached hydrogens (tertiary/aromatic N) is 1. The van der Waals surface area contributed by atoms with Crippen molar-refractivity contribution < 1.29 is 24.2 Å². The van der Waals surface area contributed by atoms with E-state index in [-0.39, 0.29) is 19.0 Å². The van der Waals surface area contributed by atoms with Gasteiger partial charge in [-0.15, -0.1) is 0 Å². The summed E-state index contributed by atoms with van der Waals surface area (Å²) in [5.41, 5.74) is 0.966. The minimum Gasteiger partial charge on any atom is -0.510 e. The van der Waals surface area contributed by atoms with Gasteiger partial charge in [-0.25, -0.2) is 9.69 Å². The Morgan fingerprint density at radius 2 is 2.05 bits per heavy atom. The molecule has 1 N–H and O–H groups in total. The van der Waals surface area contributed by atoms with Gasteiger partial charge >= 0.3 is 6.09 Å². The second kappa shape index (κ2) is 6.90. The van der Waals surface area contributed by atoms with Crippen LogP contribution in [0, 0.1) is 0 Å². The van der Waals surface area contributed by atoms with E-state index in [0.29, 0.717) is 6.61 Å². The standard InChI is InChI=1S/C15H17NO5/c1-2-21-15(19)16-12(13(17)8-14(16)18)10-20-9-11-6-4-3-5-7-11/h3-8,12,17H,2,9-10H2,1H3/t12-/m0/s1. The van der Waals surface area contributed by atoms with Gasteiger partial charge in [-0.05, 0) is 12.5 Å². The quantitative estimate of drug-likeness (QED) is 0.898. The van der Waals surface area contributed by atoms with E-state index < -0.39 is 18.0 Å². The number of imide groups is 1. The van der Waals surface area contributed by atoms with E-state index in [1.54, 1.807) is 6.92 Å². The number of carbonyl (C=O) groups is 2. The molecule has 0 bridgehead atoms. The molecule has 1 aromatic carbocycles. The molecule has 1 aromatic rings. The Hall–Kier alpha value is -2.34. The molecule has 1 heterocycles. The number of carbonyl (C=O) groups excluding carboxylic acids is 2. The molecule has 1 aliphatic rings. The molecule has 0 aliphatic carbocycles. The van der Waals surface area contributed by atoms with Gasteiger partial charge in [0.2, 0.25) is 0 Å². The first-order chi connectivity index (χ1) is 10.1. The molecule has 1 atom stereocenters. The zero-order valence-electron chi connectivity index (χ0n) is 11.7. The highest BCUT2D eigenvalue weighted by molar-refractivity contribution is 6.02. The lowest BCUT2D eigenvalue weighted by Gasteiger charge is -2.22. The molecule has 6 nitrogen and oxygen atoms in total. The second-order valence-corrected chi connectivity index (χ2v) is 4.49. The smallest absolute Gasteiger partial charge is 0.417 e. The fourth-order valence-corrected chi connectivity index (χ4v) is 2.01. The van der Waals surface area contributed by atoms with Crippen LogP contribution in [0.5, 0.6) is 0 Å². The Morgan fingerprint density at radius 1 is 1.33 bits per heavy atom. The number of aliphatic hydroxyl groups excluding tert-OH is 1. The highest BCUT2D eigenvalue weighted by Crippen LogP contribution is 2.19. The van der Waals surface area contributed by atoms with Gasteiger partial charge in [-0.1, -0.05) is 30.3 Å². The first kappa shape index (κ1) is 15.1. The van der Waals surface area contributed by atoms with Crippen LogP contribution in [0.3, 0.4) is 0 Å². The third-order valence-electron chi connectivity index (χ3n) is 3.01. The second-order valence-electron chi connectivity index (χ2n) is 4.49. The van der Waals surface area contributed by atoms with E-state index in [1.807, 2.05) is 30.3 Å². The molecule has 21 heavy (non-hydrogen) atoms. The number of hydrogen-bond donors (Lipinski definition) is 1. The third-order valence-corrected chi connectivity index (χ3v) is 3.01. The van der Waals surface area contributed by atoms with Gasteiger partial charge in [-0.3, -0.25) is 4.79 Å². The summed E-state index contributed by atoms with van der Waals surface area (Å²) in [7, 11) is 0. The fourth-order valence-electron chi connectivity index (χ4n) is 2.01. The molecule has 0 radical (unpaired) electrons. The number of rotatable bonds is 5. The van der Waals surface area contributed by atoms with Gasteiger partial charge in [0, 0.05) is 6.08 Å². The van der Waals surface area contributed by atoms with Crippen LogP contribution in [0.4, 0.5) is 4.79 Å². The van der Waals surface area contributed by atoms with Gasteiger partial charge in [0.1, 0.15) is 11.8 Å². The van der Waals surface area contributed by atoms with Crippen molar-refractivity contribution in [3.63, 3.8) is 0 Å². The number of ether oxygens (including phenoxy) is 2. The van der Waals surface area contributed by atoms with E-state index in [4.69, 9.17) is 9.47 Å². The molecule has 0 saturated carbocycles. The first-order valence-electron chi connectivity index (χ1n) is 6.65. The Kier molecular flexibility index (Phi) is 4.94. The Labute approximate surface area is 122 Å². The first-order valence-corrected chi connectivity index (χ1v) is 6.65. The van der Waals surface area contributed by atoms with E-state index >= 15 is 0 Å². The maximum atomic E-state index is 11.7. The lowest BCUT2D eigenvalue weighted by Crippen LogP contribution is -2.43. The van der Waals surface area contributed by atoms with Gasteiger partial charge < -0.3 is 14.6 Å². The molecule has 112 valence electrons. The summed E-state index contributed by atoms with van der Waals surface area (Å²) in [6.45, 7) is 2.14. The van der Waals surface area contributed by atoms with Gasteiger partial charge in [0.15, 0.2) is 0 Å². The fraction of sp³-hybridized carbons (Fsp3) is 0.333. The van der Waals surface area contributed by atoms with Gasteiger partial charge in [0.05, 0.1) is 19.8 Å². The average molecular weight is 291 g/mol. The Balaban J connectivity index is 1.94. The van der Waals surface area contributed by atoms with Crippen LogP contribution in [0.2, 0.25) is 0 Å². The van der Waals surface area contributed by atoms with E-state index in [9.17, 15) is 14.7 Å². The molecule has 1 aliphatic heterocycles. The molecule has 0 unspecified atom stereocenters. The topological polar surface area (TPSA) is 76.1 Å². The van der Waals surface area contributed by atoms with Crippen LogP contribution in [-0.4, -0.2) is 41.3 Å².